The highest BCUT2D eigenvalue weighted by molar-refractivity contribution is 6.32. The second kappa shape index (κ2) is 5.79. The first-order valence-corrected chi connectivity index (χ1v) is 6.31. The number of hydrogen-bond donors (Lipinski definition) is 2. The van der Waals surface area contributed by atoms with Gasteiger partial charge in [-0.1, -0.05) is 11.6 Å². The number of nitrogens with two attached hydrogens (primary N) is 1. The summed E-state index contributed by atoms with van der Waals surface area (Å²) in [6, 6.07) is 5.83. The predicted octanol–water partition coefficient (Wildman–Crippen LogP) is 2.07. The lowest BCUT2D eigenvalue weighted by Crippen LogP contribution is -2.12. The summed E-state index contributed by atoms with van der Waals surface area (Å²) in [6.45, 7) is 0. The second-order valence-corrected chi connectivity index (χ2v) is 4.66. The molecule has 3 N–H and O–H groups in total. The Morgan fingerprint density at radius 2 is 2.14 bits per heavy atom. The van der Waals surface area contributed by atoms with Crippen LogP contribution in [0.25, 0.3) is 5.69 Å². The number of nitriles is 1. The van der Waals surface area contributed by atoms with Crippen molar-refractivity contribution in [3.8, 4) is 11.8 Å². The number of esters is 1. The Hall–Kier alpha value is -2.98. The van der Waals surface area contributed by atoms with Crippen molar-refractivity contribution in [3.63, 3.8) is 0 Å². The number of nitrogens with zero attached hydrogens (tertiary/aromatic N) is 2. The first-order valence-electron chi connectivity index (χ1n) is 5.93. The Morgan fingerprint density at radius 1 is 1.45 bits per heavy atom. The summed E-state index contributed by atoms with van der Waals surface area (Å²) < 4.78 is 5.89. The van der Waals surface area contributed by atoms with Crippen LogP contribution in [-0.4, -0.2) is 28.7 Å². The minimum atomic E-state index is -1.15. The smallest absolute Gasteiger partial charge is 0.357 e. The van der Waals surface area contributed by atoms with E-state index in [1.807, 2.05) is 6.07 Å². The molecule has 0 radical (unpaired) electrons. The summed E-state index contributed by atoms with van der Waals surface area (Å²) in [5, 5.41) is 18.3. The number of aromatic nitrogens is 1. The molecule has 112 valence electrons. The van der Waals surface area contributed by atoms with Crippen LogP contribution in [0.1, 0.15) is 26.4 Å². The van der Waals surface area contributed by atoms with Crippen LogP contribution in [0.2, 0.25) is 5.02 Å². The molecule has 0 saturated carbocycles. The van der Waals surface area contributed by atoms with E-state index in [2.05, 4.69) is 4.74 Å². The Balaban J connectivity index is 2.78. The van der Waals surface area contributed by atoms with E-state index in [1.54, 1.807) is 0 Å². The van der Waals surface area contributed by atoms with Gasteiger partial charge in [0, 0.05) is 6.20 Å². The van der Waals surface area contributed by atoms with Crippen molar-refractivity contribution >= 4 is 29.2 Å². The number of carbonyl (C=O) groups excluding carboxylic acids is 1. The summed E-state index contributed by atoms with van der Waals surface area (Å²) in [4.78, 5) is 23.0. The average Bonchev–Trinajstić information content (AvgIpc) is 2.83. The molecule has 0 aliphatic rings. The normalized spacial score (nSPS) is 10.0. The second-order valence-electron chi connectivity index (χ2n) is 4.25. The van der Waals surface area contributed by atoms with Gasteiger partial charge in [0.15, 0.2) is 5.69 Å². The summed E-state index contributed by atoms with van der Waals surface area (Å²) in [5.74, 6) is -1.92. The SMILES string of the molecule is COC(=O)c1c(N)c(C#N)cn1-c1cc(C(=O)O)ccc1Cl. The zero-order valence-electron chi connectivity index (χ0n) is 11.3. The molecular formula is C14H10ClN3O4. The molecule has 0 saturated heterocycles. The number of ether oxygens (including phenoxy) is 1. The molecule has 2 aromatic rings. The van der Waals surface area contributed by atoms with Gasteiger partial charge < -0.3 is 20.1 Å². The fraction of sp³-hybridized carbons (Fsp3) is 0.0714. The predicted molar refractivity (Wildman–Crippen MR) is 78.2 cm³/mol. The lowest BCUT2D eigenvalue weighted by Gasteiger charge is -2.11. The number of rotatable bonds is 3. The standard InChI is InChI=1S/C14H10ClN3O4/c1-22-14(21)12-11(17)8(5-16)6-18(12)10-4-7(13(19)20)2-3-9(10)15/h2-4,6H,17H2,1H3,(H,19,20). The fourth-order valence-corrected chi connectivity index (χ4v) is 2.14. The van der Waals surface area contributed by atoms with E-state index in [4.69, 9.17) is 27.7 Å². The van der Waals surface area contributed by atoms with Crippen LogP contribution in [0, 0.1) is 11.3 Å². The average molecular weight is 320 g/mol. The first-order chi connectivity index (χ1) is 10.4. The van der Waals surface area contributed by atoms with Gasteiger partial charge in [-0.2, -0.15) is 5.26 Å². The molecule has 0 aliphatic carbocycles. The van der Waals surface area contributed by atoms with Crippen LogP contribution in [0.15, 0.2) is 24.4 Å². The van der Waals surface area contributed by atoms with Crippen molar-refractivity contribution in [2.24, 2.45) is 0 Å². The van der Waals surface area contributed by atoms with Gasteiger partial charge in [-0.05, 0) is 18.2 Å². The monoisotopic (exact) mass is 319 g/mol. The lowest BCUT2D eigenvalue weighted by atomic mass is 10.2. The number of benzene rings is 1. The van der Waals surface area contributed by atoms with Crippen molar-refractivity contribution < 1.29 is 19.4 Å². The minimum Gasteiger partial charge on any atom is -0.478 e. The number of aromatic carboxylic acids is 1. The third-order valence-electron chi connectivity index (χ3n) is 3.00. The quantitative estimate of drug-likeness (QED) is 0.836. The van der Waals surface area contributed by atoms with Gasteiger partial charge in [0.05, 0.1) is 34.6 Å². The molecule has 0 unspecified atom stereocenters. The topological polar surface area (TPSA) is 118 Å². The largest absolute Gasteiger partial charge is 0.478 e. The number of methoxy groups -OCH3 is 1. The van der Waals surface area contributed by atoms with E-state index in [0.717, 1.165) is 0 Å². The molecular weight excluding hydrogens is 310 g/mol. The van der Waals surface area contributed by atoms with Crippen LogP contribution in [0.5, 0.6) is 0 Å². The third kappa shape index (κ3) is 2.47. The van der Waals surface area contributed by atoms with Gasteiger partial charge >= 0.3 is 11.9 Å². The number of carboxylic acid groups (broad SMARTS) is 1. The molecule has 0 aliphatic heterocycles. The van der Waals surface area contributed by atoms with Crippen LogP contribution in [0.4, 0.5) is 5.69 Å². The van der Waals surface area contributed by atoms with Gasteiger partial charge in [0.25, 0.3) is 0 Å². The molecule has 0 fully saturated rings. The maximum absolute atomic E-state index is 11.9. The Bertz CT molecular complexity index is 820. The Kier molecular flexibility index (Phi) is 4.06. The van der Waals surface area contributed by atoms with E-state index in [9.17, 15) is 9.59 Å². The van der Waals surface area contributed by atoms with Gasteiger partial charge in [0.1, 0.15) is 6.07 Å². The zero-order valence-corrected chi connectivity index (χ0v) is 12.1. The van der Waals surface area contributed by atoms with Crippen molar-refractivity contribution in [2.45, 2.75) is 0 Å². The molecule has 8 heteroatoms. The highest BCUT2D eigenvalue weighted by Crippen LogP contribution is 2.29. The molecule has 0 spiro atoms. The van der Waals surface area contributed by atoms with Crippen molar-refractivity contribution in [1.82, 2.24) is 4.57 Å². The summed E-state index contributed by atoms with van der Waals surface area (Å²) in [6.07, 6.45) is 1.30. The van der Waals surface area contributed by atoms with Crippen LogP contribution in [0.3, 0.4) is 0 Å². The fourth-order valence-electron chi connectivity index (χ4n) is 1.93. The Morgan fingerprint density at radius 3 is 2.68 bits per heavy atom. The molecule has 0 bridgehead atoms. The minimum absolute atomic E-state index is 0.0269. The third-order valence-corrected chi connectivity index (χ3v) is 3.32. The highest BCUT2D eigenvalue weighted by Gasteiger charge is 2.23. The van der Waals surface area contributed by atoms with Gasteiger partial charge in [-0.3, -0.25) is 0 Å². The van der Waals surface area contributed by atoms with E-state index >= 15 is 0 Å². The molecule has 1 heterocycles. The van der Waals surface area contributed by atoms with Crippen molar-refractivity contribution in [2.75, 3.05) is 12.8 Å². The lowest BCUT2D eigenvalue weighted by molar-refractivity contribution is 0.0592. The van der Waals surface area contributed by atoms with Gasteiger partial charge in [0.2, 0.25) is 0 Å². The molecule has 1 aromatic carbocycles. The van der Waals surface area contributed by atoms with E-state index in [0.29, 0.717) is 0 Å². The summed E-state index contributed by atoms with van der Waals surface area (Å²) in [5.41, 5.74) is 5.85. The number of carboxylic acids is 1. The maximum Gasteiger partial charge on any atom is 0.357 e. The van der Waals surface area contributed by atoms with E-state index in [-0.39, 0.29) is 33.2 Å². The van der Waals surface area contributed by atoms with Crippen LogP contribution < -0.4 is 5.73 Å². The summed E-state index contributed by atoms with van der Waals surface area (Å²) >= 11 is 6.07. The highest BCUT2D eigenvalue weighted by atomic mass is 35.5. The molecule has 2 rings (SSSR count). The molecule has 7 nitrogen and oxygen atoms in total. The van der Waals surface area contributed by atoms with Crippen molar-refractivity contribution in [3.05, 3.63) is 46.2 Å². The number of halogens is 1. The zero-order chi connectivity index (χ0) is 16.4. The van der Waals surface area contributed by atoms with Crippen LogP contribution >= 0.6 is 11.6 Å². The summed E-state index contributed by atoms with van der Waals surface area (Å²) in [7, 11) is 1.17. The van der Waals surface area contributed by atoms with Crippen LogP contribution in [-0.2, 0) is 4.74 Å². The number of nitrogen functional groups attached to an aromatic ring is 1. The first kappa shape index (κ1) is 15.4. The van der Waals surface area contributed by atoms with Gasteiger partial charge in [-0.25, -0.2) is 9.59 Å². The molecule has 1 aromatic heterocycles. The Labute approximate surface area is 130 Å². The van der Waals surface area contributed by atoms with Gasteiger partial charge in [-0.15, -0.1) is 0 Å². The number of carbonyl (C=O) groups is 2. The van der Waals surface area contributed by atoms with E-state index in [1.165, 1.54) is 36.1 Å². The van der Waals surface area contributed by atoms with Crippen molar-refractivity contribution in [1.29, 1.82) is 5.26 Å². The molecule has 22 heavy (non-hydrogen) atoms. The molecule has 0 atom stereocenters. The van der Waals surface area contributed by atoms with E-state index < -0.39 is 11.9 Å². The number of hydrogen-bond acceptors (Lipinski definition) is 5. The molecule has 0 amide bonds. The number of anilines is 1. The maximum atomic E-state index is 11.9.